The number of rotatable bonds is 3. The molecule has 2 amide bonds. The van der Waals surface area contributed by atoms with Crippen LogP contribution in [0.5, 0.6) is 0 Å². The van der Waals surface area contributed by atoms with Crippen molar-refractivity contribution in [3.8, 4) is 0 Å². The van der Waals surface area contributed by atoms with Gasteiger partial charge in [-0.1, -0.05) is 19.9 Å². The van der Waals surface area contributed by atoms with Crippen LogP contribution in [0.25, 0.3) is 0 Å². The molecule has 1 saturated heterocycles. The van der Waals surface area contributed by atoms with Crippen molar-refractivity contribution < 1.29 is 22.4 Å². The molecule has 1 aliphatic heterocycles. The minimum atomic E-state index is -4.45. The van der Waals surface area contributed by atoms with E-state index in [1.807, 2.05) is 13.8 Å². The highest BCUT2D eigenvalue weighted by atomic mass is 19.4. The zero-order valence-corrected chi connectivity index (χ0v) is 15.1. The predicted octanol–water partition coefficient (Wildman–Crippen LogP) is 4.62. The number of carbonyl (C=O) groups excluding carboxylic acids is 1. The number of nitrogens with one attached hydrogen (secondary N) is 1. The van der Waals surface area contributed by atoms with Gasteiger partial charge in [0.25, 0.3) is 0 Å². The van der Waals surface area contributed by atoms with Crippen LogP contribution in [0.15, 0.2) is 28.7 Å². The second-order valence-electron chi connectivity index (χ2n) is 6.90. The van der Waals surface area contributed by atoms with Crippen molar-refractivity contribution in [1.29, 1.82) is 0 Å². The Labute approximate surface area is 154 Å². The number of hydrogen-bond donors (Lipinski definition) is 1. The van der Waals surface area contributed by atoms with E-state index in [-0.39, 0.29) is 17.5 Å². The Balaban J connectivity index is 1.57. The number of amides is 2. The van der Waals surface area contributed by atoms with Gasteiger partial charge >= 0.3 is 12.2 Å². The van der Waals surface area contributed by atoms with E-state index in [2.05, 4.69) is 15.5 Å². The van der Waals surface area contributed by atoms with Crippen molar-refractivity contribution in [3.63, 3.8) is 0 Å². The number of carbonyl (C=O) groups is 1. The van der Waals surface area contributed by atoms with Crippen LogP contribution in [-0.4, -0.2) is 34.2 Å². The molecule has 0 radical (unpaired) electrons. The van der Waals surface area contributed by atoms with Gasteiger partial charge in [0.1, 0.15) is 0 Å². The zero-order chi connectivity index (χ0) is 19.6. The summed E-state index contributed by atoms with van der Waals surface area (Å²) in [6.07, 6.45) is -3.12. The van der Waals surface area contributed by atoms with Crippen molar-refractivity contribution in [2.75, 3.05) is 18.4 Å². The van der Waals surface area contributed by atoms with E-state index in [4.69, 9.17) is 4.42 Å². The number of nitrogens with zero attached hydrogens (tertiary/aromatic N) is 3. The molecule has 1 N–H and O–H groups in total. The van der Waals surface area contributed by atoms with Crippen LogP contribution in [-0.2, 0) is 6.18 Å². The van der Waals surface area contributed by atoms with Gasteiger partial charge in [-0.15, -0.1) is 10.2 Å². The summed E-state index contributed by atoms with van der Waals surface area (Å²) >= 11 is 0. The lowest BCUT2D eigenvalue weighted by Gasteiger charge is -2.30. The van der Waals surface area contributed by atoms with Gasteiger partial charge in [-0.25, -0.2) is 4.79 Å². The van der Waals surface area contributed by atoms with Crippen LogP contribution >= 0.6 is 0 Å². The van der Waals surface area contributed by atoms with E-state index in [9.17, 15) is 18.0 Å². The Morgan fingerprint density at radius 2 is 1.96 bits per heavy atom. The number of halogens is 3. The number of alkyl halides is 3. The fraction of sp³-hybridized carbons (Fsp3) is 0.500. The number of piperidine rings is 1. The van der Waals surface area contributed by atoms with E-state index in [1.165, 1.54) is 12.1 Å². The highest BCUT2D eigenvalue weighted by Gasteiger charge is 2.31. The molecule has 3 rings (SSSR count). The Kier molecular flexibility index (Phi) is 5.38. The topological polar surface area (TPSA) is 71.3 Å². The predicted molar refractivity (Wildman–Crippen MR) is 92.4 cm³/mol. The summed E-state index contributed by atoms with van der Waals surface area (Å²) in [6, 6.07) is 4.19. The Hall–Kier alpha value is -2.58. The first kappa shape index (κ1) is 19.2. The second-order valence-corrected chi connectivity index (χ2v) is 6.90. The summed E-state index contributed by atoms with van der Waals surface area (Å²) in [6.45, 7) is 4.87. The molecule has 9 heteroatoms. The molecule has 0 aliphatic carbocycles. The largest absolute Gasteiger partial charge is 0.425 e. The number of anilines is 1. The number of hydrogen-bond acceptors (Lipinski definition) is 4. The average Bonchev–Trinajstić information content (AvgIpc) is 3.12. The number of urea groups is 1. The standard InChI is InChI=1S/C18H21F3N4O2/c1-11(2)15-23-24-16(27-15)12-6-8-25(9-7-12)17(26)22-14-5-3-4-13(10-14)18(19,20)21/h3-5,10-12H,6-9H2,1-2H3,(H,22,26). The first-order valence-corrected chi connectivity index (χ1v) is 8.80. The summed E-state index contributed by atoms with van der Waals surface area (Å²) in [5, 5.41) is 10.6. The molecule has 0 atom stereocenters. The smallest absolute Gasteiger partial charge is 0.416 e. The number of benzene rings is 1. The molecule has 146 valence electrons. The Morgan fingerprint density at radius 3 is 2.56 bits per heavy atom. The van der Waals surface area contributed by atoms with Gasteiger partial charge in [0.15, 0.2) is 0 Å². The normalized spacial score (nSPS) is 16.0. The van der Waals surface area contributed by atoms with Gasteiger partial charge in [0.2, 0.25) is 11.8 Å². The fourth-order valence-electron chi connectivity index (χ4n) is 2.95. The summed E-state index contributed by atoms with van der Waals surface area (Å²) in [5.74, 6) is 1.42. The number of aromatic nitrogens is 2. The van der Waals surface area contributed by atoms with Crippen molar-refractivity contribution in [2.45, 2.75) is 44.7 Å². The van der Waals surface area contributed by atoms with Crippen LogP contribution in [0.3, 0.4) is 0 Å². The van der Waals surface area contributed by atoms with E-state index >= 15 is 0 Å². The van der Waals surface area contributed by atoms with Crippen LogP contribution in [0.4, 0.5) is 23.7 Å². The molecule has 1 aromatic heterocycles. The average molecular weight is 382 g/mol. The molecule has 1 aliphatic rings. The maximum Gasteiger partial charge on any atom is 0.416 e. The summed E-state index contributed by atoms with van der Waals surface area (Å²) in [5.41, 5.74) is -0.674. The second kappa shape index (κ2) is 7.58. The van der Waals surface area contributed by atoms with Gasteiger partial charge in [0, 0.05) is 30.6 Å². The molecule has 1 fully saturated rings. The summed E-state index contributed by atoms with van der Waals surface area (Å²) < 4.78 is 44.0. The first-order chi connectivity index (χ1) is 12.7. The van der Waals surface area contributed by atoms with Crippen LogP contribution in [0, 0.1) is 0 Å². The third-order valence-corrected chi connectivity index (χ3v) is 4.52. The van der Waals surface area contributed by atoms with Gasteiger partial charge in [-0.3, -0.25) is 0 Å². The van der Waals surface area contributed by atoms with E-state index < -0.39 is 17.8 Å². The zero-order valence-electron chi connectivity index (χ0n) is 15.1. The molecule has 0 saturated carbocycles. The van der Waals surface area contributed by atoms with Crippen LogP contribution < -0.4 is 5.32 Å². The molecule has 6 nitrogen and oxygen atoms in total. The molecule has 2 aromatic rings. The molecule has 27 heavy (non-hydrogen) atoms. The van der Waals surface area contributed by atoms with Gasteiger partial charge in [0.05, 0.1) is 5.56 Å². The monoisotopic (exact) mass is 382 g/mol. The third kappa shape index (κ3) is 4.58. The summed E-state index contributed by atoms with van der Waals surface area (Å²) in [4.78, 5) is 13.9. The molecular formula is C18H21F3N4O2. The van der Waals surface area contributed by atoms with Crippen LogP contribution in [0.2, 0.25) is 0 Å². The maximum absolute atomic E-state index is 12.8. The highest BCUT2D eigenvalue weighted by Crippen LogP contribution is 2.31. The van der Waals surface area contributed by atoms with Crippen molar-refractivity contribution in [2.24, 2.45) is 0 Å². The minimum Gasteiger partial charge on any atom is -0.425 e. The van der Waals surface area contributed by atoms with Crippen molar-refractivity contribution in [1.82, 2.24) is 15.1 Å². The molecule has 0 bridgehead atoms. The lowest BCUT2D eigenvalue weighted by atomic mass is 9.97. The number of likely N-dealkylation sites (tertiary alicyclic amines) is 1. The van der Waals surface area contributed by atoms with E-state index in [0.717, 1.165) is 12.1 Å². The van der Waals surface area contributed by atoms with Crippen molar-refractivity contribution >= 4 is 11.7 Å². The van der Waals surface area contributed by atoms with Crippen molar-refractivity contribution in [3.05, 3.63) is 41.6 Å². The molecule has 2 heterocycles. The van der Waals surface area contributed by atoms with E-state index in [1.54, 1.807) is 4.90 Å². The Morgan fingerprint density at radius 1 is 1.26 bits per heavy atom. The maximum atomic E-state index is 12.8. The highest BCUT2D eigenvalue weighted by molar-refractivity contribution is 5.89. The minimum absolute atomic E-state index is 0.0857. The fourth-order valence-corrected chi connectivity index (χ4v) is 2.95. The molecule has 1 aromatic carbocycles. The van der Waals surface area contributed by atoms with Gasteiger partial charge in [-0.2, -0.15) is 13.2 Å². The Bertz CT molecular complexity index is 796. The molecular weight excluding hydrogens is 361 g/mol. The lowest BCUT2D eigenvalue weighted by Crippen LogP contribution is -2.40. The van der Waals surface area contributed by atoms with E-state index in [0.29, 0.717) is 37.7 Å². The van der Waals surface area contributed by atoms with Gasteiger partial charge < -0.3 is 14.6 Å². The lowest BCUT2D eigenvalue weighted by molar-refractivity contribution is -0.137. The summed E-state index contributed by atoms with van der Waals surface area (Å²) in [7, 11) is 0. The molecule has 0 unspecified atom stereocenters. The SMILES string of the molecule is CC(C)c1nnc(C2CCN(C(=O)Nc3cccc(C(F)(F)F)c3)CC2)o1. The third-order valence-electron chi connectivity index (χ3n) is 4.52. The van der Waals surface area contributed by atoms with Crippen LogP contribution in [0.1, 0.15) is 55.9 Å². The molecule has 0 spiro atoms. The quantitative estimate of drug-likeness (QED) is 0.841. The van der Waals surface area contributed by atoms with Gasteiger partial charge in [-0.05, 0) is 31.0 Å². The first-order valence-electron chi connectivity index (χ1n) is 8.80.